The van der Waals surface area contributed by atoms with Crippen LogP contribution in [0.5, 0.6) is 0 Å². The molecule has 0 atom stereocenters. The molecule has 1 aliphatic heterocycles. The number of ether oxygens (including phenoxy) is 1. The highest BCUT2D eigenvalue weighted by molar-refractivity contribution is 6.31. The molecule has 2 amide bonds. The average Bonchev–Trinajstić information content (AvgIpc) is 3.31. The number of nitriles is 1. The zero-order valence-electron chi connectivity index (χ0n) is 13.2. The third kappa shape index (κ3) is 3.80. The highest BCUT2D eigenvalue weighted by Gasteiger charge is 2.30. The van der Waals surface area contributed by atoms with Gasteiger partial charge in [0.15, 0.2) is 0 Å². The summed E-state index contributed by atoms with van der Waals surface area (Å²) in [7, 11) is 0. The number of benzene rings is 1. The largest absolute Gasteiger partial charge is 0.448 e. The van der Waals surface area contributed by atoms with Crippen LogP contribution in [0.15, 0.2) is 18.2 Å². The van der Waals surface area contributed by atoms with Crippen molar-refractivity contribution in [3.8, 4) is 6.07 Å². The minimum Gasteiger partial charge on any atom is -0.448 e. The van der Waals surface area contributed by atoms with E-state index in [0.717, 1.165) is 12.8 Å². The van der Waals surface area contributed by atoms with E-state index in [1.54, 1.807) is 23.1 Å². The Labute approximate surface area is 145 Å². The van der Waals surface area contributed by atoms with Gasteiger partial charge < -0.3 is 14.5 Å². The predicted octanol–water partition coefficient (Wildman–Crippen LogP) is 2.80. The third-order valence-electron chi connectivity index (χ3n) is 4.25. The number of halogens is 1. The van der Waals surface area contributed by atoms with E-state index in [1.165, 1.54) is 4.90 Å². The summed E-state index contributed by atoms with van der Waals surface area (Å²) in [5.74, 6) is 0.358. The Hall–Kier alpha value is -2.26. The number of nitrogens with zero attached hydrogens (tertiary/aromatic N) is 3. The van der Waals surface area contributed by atoms with E-state index in [-0.39, 0.29) is 18.4 Å². The van der Waals surface area contributed by atoms with E-state index < -0.39 is 0 Å². The molecule has 0 unspecified atom stereocenters. The monoisotopic (exact) mass is 347 g/mol. The highest BCUT2D eigenvalue weighted by atomic mass is 35.5. The summed E-state index contributed by atoms with van der Waals surface area (Å²) in [5, 5.41) is 9.81. The van der Waals surface area contributed by atoms with E-state index >= 15 is 0 Å². The number of hydrogen-bond acceptors (Lipinski definition) is 4. The molecule has 1 heterocycles. The Bertz CT molecular complexity index is 697. The maximum atomic E-state index is 12.7. The second kappa shape index (κ2) is 7.10. The maximum Gasteiger partial charge on any atom is 0.409 e. The molecule has 1 saturated heterocycles. The number of carbonyl (C=O) groups excluding carboxylic acids is 2. The van der Waals surface area contributed by atoms with Crippen LogP contribution >= 0.6 is 11.6 Å². The molecule has 6 nitrogen and oxygen atoms in total. The minimum absolute atomic E-state index is 0.111. The van der Waals surface area contributed by atoms with Crippen LogP contribution in [0.4, 0.5) is 10.5 Å². The molecule has 0 bridgehead atoms. The van der Waals surface area contributed by atoms with E-state index in [9.17, 15) is 14.9 Å². The Kier molecular flexibility index (Phi) is 4.91. The molecule has 0 radical (unpaired) electrons. The number of carbonyl (C=O) groups is 2. The van der Waals surface area contributed by atoms with Crippen LogP contribution in [-0.4, -0.2) is 43.1 Å². The first-order chi connectivity index (χ1) is 11.6. The van der Waals surface area contributed by atoms with Crippen molar-refractivity contribution in [1.82, 2.24) is 4.90 Å². The zero-order chi connectivity index (χ0) is 17.1. The van der Waals surface area contributed by atoms with Crippen LogP contribution in [0.1, 0.15) is 24.8 Å². The fraction of sp³-hybridized carbons (Fsp3) is 0.471. The standard InChI is InChI=1S/C17H18ClN3O3/c18-14-4-3-13(10-19)15(9-14)21(11-12-1-2-12)16(22)5-6-20-7-8-24-17(20)23/h3-4,9,12H,1-2,5-8,11H2. The summed E-state index contributed by atoms with van der Waals surface area (Å²) >= 11 is 6.06. The quantitative estimate of drug-likeness (QED) is 0.793. The van der Waals surface area contributed by atoms with Gasteiger partial charge in [-0.1, -0.05) is 11.6 Å². The van der Waals surface area contributed by atoms with Crippen LogP contribution in [0.3, 0.4) is 0 Å². The number of anilines is 1. The first-order valence-electron chi connectivity index (χ1n) is 8.00. The van der Waals surface area contributed by atoms with Gasteiger partial charge in [0.2, 0.25) is 5.91 Å². The molecule has 24 heavy (non-hydrogen) atoms. The van der Waals surface area contributed by atoms with Crippen molar-refractivity contribution in [1.29, 1.82) is 5.26 Å². The molecular weight excluding hydrogens is 330 g/mol. The van der Waals surface area contributed by atoms with Gasteiger partial charge in [0.1, 0.15) is 12.7 Å². The van der Waals surface area contributed by atoms with Crippen LogP contribution in [0.2, 0.25) is 5.02 Å². The maximum absolute atomic E-state index is 12.7. The van der Waals surface area contributed by atoms with E-state index in [4.69, 9.17) is 16.3 Å². The van der Waals surface area contributed by atoms with Gasteiger partial charge in [-0.05, 0) is 37.0 Å². The minimum atomic E-state index is -0.378. The summed E-state index contributed by atoms with van der Waals surface area (Å²) in [6, 6.07) is 7.05. The van der Waals surface area contributed by atoms with Gasteiger partial charge in [-0.15, -0.1) is 0 Å². The lowest BCUT2D eigenvalue weighted by atomic mass is 10.1. The molecule has 7 heteroatoms. The SMILES string of the molecule is N#Cc1ccc(Cl)cc1N(CC1CC1)C(=O)CCN1CCOC1=O. The lowest BCUT2D eigenvalue weighted by Crippen LogP contribution is -2.36. The summed E-state index contributed by atoms with van der Waals surface area (Å²) in [6.07, 6.45) is 1.99. The molecule has 1 aromatic carbocycles. The molecular formula is C17H18ClN3O3. The number of amides is 2. The Morgan fingerprint density at radius 1 is 1.46 bits per heavy atom. The molecule has 1 saturated carbocycles. The smallest absolute Gasteiger partial charge is 0.409 e. The molecule has 2 fully saturated rings. The second-order valence-electron chi connectivity index (χ2n) is 6.07. The first-order valence-corrected chi connectivity index (χ1v) is 8.38. The van der Waals surface area contributed by atoms with Crippen LogP contribution in [-0.2, 0) is 9.53 Å². The lowest BCUT2D eigenvalue weighted by Gasteiger charge is -2.25. The number of rotatable bonds is 6. The Morgan fingerprint density at radius 3 is 2.88 bits per heavy atom. The van der Waals surface area contributed by atoms with Gasteiger partial charge in [-0.2, -0.15) is 5.26 Å². The Morgan fingerprint density at radius 2 is 2.25 bits per heavy atom. The zero-order valence-corrected chi connectivity index (χ0v) is 14.0. The van der Waals surface area contributed by atoms with Crippen molar-refractivity contribution in [2.24, 2.45) is 5.92 Å². The summed E-state index contributed by atoms with van der Waals surface area (Å²) in [4.78, 5) is 27.4. The van der Waals surface area contributed by atoms with Crippen molar-refractivity contribution >= 4 is 29.3 Å². The van der Waals surface area contributed by atoms with Crippen LogP contribution < -0.4 is 4.90 Å². The van der Waals surface area contributed by atoms with Crippen LogP contribution in [0, 0.1) is 17.2 Å². The summed E-state index contributed by atoms with van der Waals surface area (Å²) in [5.41, 5.74) is 0.972. The second-order valence-corrected chi connectivity index (χ2v) is 6.51. The van der Waals surface area contributed by atoms with Gasteiger partial charge >= 0.3 is 6.09 Å². The van der Waals surface area contributed by atoms with Crippen molar-refractivity contribution in [2.75, 3.05) is 31.1 Å². The third-order valence-corrected chi connectivity index (χ3v) is 4.49. The van der Waals surface area contributed by atoms with Gasteiger partial charge in [0.05, 0.1) is 17.8 Å². The predicted molar refractivity (Wildman–Crippen MR) is 88.8 cm³/mol. The molecule has 1 aliphatic carbocycles. The lowest BCUT2D eigenvalue weighted by molar-refractivity contribution is -0.118. The Balaban J connectivity index is 1.76. The molecule has 0 N–H and O–H groups in total. The van der Waals surface area contributed by atoms with Crippen molar-refractivity contribution < 1.29 is 14.3 Å². The summed E-state index contributed by atoms with van der Waals surface area (Å²) < 4.78 is 4.87. The number of cyclic esters (lactones) is 1. The fourth-order valence-electron chi connectivity index (χ4n) is 2.71. The molecule has 1 aromatic rings. The van der Waals surface area contributed by atoms with Crippen LogP contribution in [0.25, 0.3) is 0 Å². The van der Waals surface area contributed by atoms with Crippen molar-refractivity contribution in [2.45, 2.75) is 19.3 Å². The molecule has 126 valence electrons. The average molecular weight is 348 g/mol. The molecule has 0 aromatic heterocycles. The first kappa shape index (κ1) is 16.6. The molecule has 3 rings (SSSR count). The van der Waals surface area contributed by atoms with Gasteiger partial charge in [-0.25, -0.2) is 4.79 Å². The fourth-order valence-corrected chi connectivity index (χ4v) is 2.88. The van der Waals surface area contributed by atoms with E-state index in [1.807, 2.05) is 0 Å². The van der Waals surface area contributed by atoms with E-state index in [0.29, 0.717) is 48.4 Å². The molecule has 2 aliphatic rings. The van der Waals surface area contributed by atoms with Gasteiger partial charge in [-0.3, -0.25) is 4.79 Å². The van der Waals surface area contributed by atoms with Gasteiger partial charge in [0, 0.05) is 24.5 Å². The topological polar surface area (TPSA) is 73.6 Å². The normalized spacial score (nSPS) is 16.7. The van der Waals surface area contributed by atoms with Crippen molar-refractivity contribution in [3.05, 3.63) is 28.8 Å². The molecule has 0 spiro atoms. The van der Waals surface area contributed by atoms with Gasteiger partial charge in [0.25, 0.3) is 0 Å². The summed E-state index contributed by atoms with van der Waals surface area (Å²) in [6.45, 7) is 1.78. The van der Waals surface area contributed by atoms with E-state index in [2.05, 4.69) is 6.07 Å². The highest BCUT2D eigenvalue weighted by Crippen LogP contribution is 2.33. The van der Waals surface area contributed by atoms with Crippen molar-refractivity contribution in [3.63, 3.8) is 0 Å². The number of hydrogen-bond donors (Lipinski definition) is 0.